The van der Waals surface area contributed by atoms with E-state index in [0.717, 1.165) is 17.0 Å². The minimum Gasteiger partial charge on any atom is -0.507 e. The third-order valence-electron chi connectivity index (χ3n) is 5.95. The molecule has 0 aliphatic heterocycles. The SMILES string of the molecule is COc1ccc(-n2c(SCC(=O)N/N=C(\C)c3ccccc3O)nnc2-c2ccc(C(C)(C)C)cc2)cc1. The Kier molecular flexibility index (Phi) is 8.16. The number of nitrogens with one attached hydrogen (secondary N) is 1. The van der Waals surface area contributed by atoms with Gasteiger partial charge in [-0.3, -0.25) is 9.36 Å². The number of aromatic nitrogens is 3. The van der Waals surface area contributed by atoms with Crippen LogP contribution in [0.5, 0.6) is 11.5 Å². The molecule has 0 radical (unpaired) electrons. The van der Waals surface area contributed by atoms with E-state index in [1.54, 1.807) is 38.3 Å². The number of amides is 1. The van der Waals surface area contributed by atoms with E-state index in [1.165, 1.54) is 17.3 Å². The summed E-state index contributed by atoms with van der Waals surface area (Å²) in [5.41, 5.74) is 6.64. The normalized spacial score (nSPS) is 11.9. The number of hydrazone groups is 1. The second-order valence-electron chi connectivity index (χ2n) is 9.70. The Morgan fingerprint density at radius 2 is 1.71 bits per heavy atom. The van der Waals surface area contributed by atoms with E-state index in [1.807, 2.05) is 41.0 Å². The van der Waals surface area contributed by atoms with Crippen molar-refractivity contribution in [3.8, 4) is 28.6 Å². The number of nitrogens with zero attached hydrogens (tertiary/aromatic N) is 4. The van der Waals surface area contributed by atoms with Crippen molar-refractivity contribution >= 4 is 23.4 Å². The Bertz CT molecular complexity index is 1440. The van der Waals surface area contributed by atoms with Crippen LogP contribution in [0.4, 0.5) is 0 Å². The molecule has 0 bridgehead atoms. The smallest absolute Gasteiger partial charge is 0.250 e. The van der Waals surface area contributed by atoms with E-state index in [0.29, 0.717) is 22.3 Å². The van der Waals surface area contributed by atoms with Crippen LogP contribution in [0.2, 0.25) is 0 Å². The summed E-state index contributed by atoms with van der Waals surface area (Å²) in [6.45, 7) is 8.25. The van der Waals surface area contributed by atoms with Crippen molar-refractivity contribution in [1.82, 2.24) is 20.2 Å². The maximum Gasteiger partial charge on any atom is 0.250 e. The van der Waals surface area contributed by atoms with E-state index in [9.17, 15) is 9.90 Å². The van der Waals surface area contributed by atoms with Gasteiger partial charge in [-0.25, -0.2) is 5.43 Å². The van der Waals surface area contributed by atoms with Crippen LogP contribution in [-0.4, -0.2) is 44.4 Å². The number of ether oxygens (including phenoxy) is 1. The third kappa shape index (κ3) is 6.23. The summed E-state index contributed by atoms with van der Waals surface area (Å²) in [6.07, 6.45) is 0. The fourth-order valence-corrected chi connectivity index (χ4v) is 4.53. The van der Waals surface area contributed by atoms with Gasteiger partial charge < -0.3 is 9.84 Å². The summed E-state index contributed by atoms with van der Waals surface area (Å²) >= 11 is 1.26. The van der Waals surface area contributed by atoms with Crippen LogP contribution >= 0.6 is 11.8 Å². The minimum absolute atomic E-state index is 0.0383. The number of hydrogen-bond acceptors (Lipinski definition) is 7. The highest BCUT2D eigenvalue weighted by molar-refractivity contribution is 7.99. The van der Waals surface area contributed by atoms with E-state index >= 15 is 0 Å². The molecule has 0 atom stereocenters. The molecule has 196 valence electrons. The first-order valence-electron chi connectivity index (χ1n) is 12.1. The van der Waals surface area contributed by atoms with Crippen molar-refractivity contribution in [1.29, 1.82) is 0 Å². The van der Waals surface area contributed by atoms with Gasteiger partial charge >= 0.3 is 0 Å². The first-order valence-corrected chi connectivity index (χ1v) is 13.1. The lowest BCUT2D eigenvalue weighted by atomic mass is 9.87. The molecule has 0 unspecified atom stereocenters. The third-order valence-corrected chi connectivity index (χ3v) is 6.88. The zero-order valence-electron chi connectivity index (χ0n) is 22.1. The van der Waals surface area contributed by atoms with Crippen molar-refractivity contribution in [3.63, 3.8) is 0 Å². The number of thioether (sulfide) groups is 1. The van der Waals surface area contributed by atoms with E-state index in [4.69, 9.17) is 4.74 Å². The molecule has 1 aromatic heterocycles. The lowest BCUT2D eigenvalue weighted by molar-refractivity contribution is -0.118. The fourth-order valence-electron chi connectivity index (χ4n) is 3.78. The standard InChI is InChI=1S/C29H31N5O3S/c1-19(24-8-6-7-9-25(24)35)30-31-26(36)18-38-28-33-32-27(20-10-12-21(13-11-20)29(2,3)4)34(28)22-14-16-23(37-5)17-15-22/h6-17,35H,18H2,1-5H3,(H,31,36)/b30-19+. The first-order chi connectivity index (χ1) is 18.2. The van der Waals surface area contributed by atoms with Crippen molar-refractivity contribution in [2.75, 3.05) is 12.9 Å². The Labute approximate surface area is 226 Å². The van der Waals surface area contributed by atoms with Crippen molar-refractivity contribution in [3.05, 3.63) is 83.9 Å². The molecular weight excluding hydrogens is 498 g/mol. The van der Waals surface area contributed by atoms with Gasteiger partial charge in [0.15, 0.2) is 11.0 Å². The van der Waals surface area contributed by atoms with Gasteiger partial charge in [0.1, 0.15) is 11.5 Å². The predicted octanol–water partition coefficient (Wildman–Crippen LogP) is 5.58. The topological polar surface area (TPSA) is 102 Å². The average molecular weight is 530 g/mol. The van der Waals surface area contributed by atoms with Crippen LogP contribution in [0.3, 0.4) is 0 Å². The molecule has 38 heavy (non-hydrogen) atoms. The molecule has 1 heterocycles. The molecule has 3 aromatic carbocycles. The molecule has 9 heteroatoms. The largest absolute Gasteiger partial charge is 0.507 e. The quantitative estimate of drug-likeness (QED) is 0.176. The molecule has 0 aliphatic carbocycles. The Hall–Kier alpha value is -4.11. The molecule has 1 amide bonds. The molecule has 4 rings (SSSR count). The summed E-state index contributed by atoms with van der Waals surface area (Å²) in [5.74, 6) is 1.30. The van der Waals surface area contributed by atoms with Gasteiger partial charge in [-0.2, -0.15) is 5.10 Å². The number of rotatable bonds is 8. The van der Waals surface area contributed by atoms with E-state index in [2.05, 4.69) is 53.6 Å². The number of carbonyl (C=O) groups excluding carboxylic acids is 1. The zero-order valence-corrected chi connectivity index (χ0v) is 22.9. The van der Waals surface area contributed by atoms with Gasteiger partial charge in [0, 0.05) is 16.8 Å². The number of hydrogen-bond donors (Lipinski definition) is 2. The van der Waals surface area contributed by atoms with Crippen LogP contribution in [0.25, 0.3) is 17.1 Å². The van der Waals surface area contributed by atoms with Crippen LogP contribution in [0.1, 0.15) is 38.8 Å². The monoisotopic (exact) mass is 529 g/mol. The summed E-state index contributed by atoms with van der Waals surface area (Å²) in [5, 5.41) is 23.6. The molecule has 0 saturated carbocycles. The highest BCUT2D eigenvalue weighted by Gasteiger charge is 2.19. The minimum atomic E-state index is -0.301. The van der Waals surface area contributed by atoms with Crippen LogP contribution in [0.15, 0.2) is 83.1 Å². The van der Waals surface area contributed by atoms with Crippen molar-refractivity contribution in [2.45, 2.75) is 38.3 Å². The maximum atomic E-state index is 12.6. The number of para-hydroxylation sites is 1. The number of phenolic OH excluding ortho intramolecular Hbond substituents is 1. The second kappa shape index (κ2) is 11.5. The second-order valence-corrected chi connectivity index (χ2v) is 10.6. The summed E-state index contributed by atoms with van der Waals surface area (Å²) in [4.78, 5) is 12.6. The predicted molar refractivity (Wildman–Crippen MR) is 151 cm³/mol. The number of aromatic hydroxyl groups is 1. The van der Waals surface area contributed by atoms with Gasteiger partial charge in [0.25, 0.3) is 5.91 Å². The zero-order chi connectivity index (χ0) is 27.3. The van der Waals surface area contributed by atoms with Crippen LogP contribution in [0, 0.1) is 0 Å². The summed E-state index contributed by atoms with van der Waals surface area (Å²) in [6, 6.07) is 22.7. The molecule has 0 aliphatic rings. The summed E-state index contributed by atoms with van der Waals surface area (Å²) in [7, 11) is 1.62. The van der Waals surface area contributed by atoms with Crippen molar-refractivity contribution in [2.24, 2.45) is 5.10 Å². The average Bonchev–Trinajstić information content (AvgIpc) is 3.34. The van der Waals surface area contributed by atoms with Gasteiger partial charge in [-0.1, -0.05) is 68.9 Å². The molecular formula is C29H31N5O3S. The molecule has 0 saturated heterocycles. The van der Waals surface area contributed by atoms with Gasteiger partial charge in [-0.15, -0.1) is 10.2 Å². The molecule has 0 fully saturated rings. The van der Waals surface area contributed by atoms with Crippen molar-refractivity contribution < 1.29 is 14.6 Å². The fraction of sp³-hybridized carbons (Fsp3) is 0.241. The number of carbonyl (C=O) groups is 1. The number of methoxy groups -OCH3 is 1. The first kappa shape index (κ1) is 26.9. The molecule has 2 N–H and O–H groups in total. The maximum absolute atomic E-state index is 12.6. The summed E-state index contributed by atoms with van der Waals surface area (Å²) < 4.78 is 7.24. The highest BCUT2D eigenvalue weighted by Crippen LogP contribution is 2.30. The molecule has 4 aromatic rings. The van der Waals surface area contributed by atoms with E-state index < -0.39 is 0 Å². The number of benzene rings is 3. The van der Waals surface area contributed by atoms with Gasteiger partial charge in [-0.05, 0) is 54.3 Å². The van der Waals surface area contributed by atoms with E-state index in [-0.39, 0.29) is 22.8 Å². The van der Waals surface area contributed by atoms with Crippen LogP contribution in [-0.2, 0) is 10.2 Å². The molecule has 0 spiro atoms. The Balaban J connectivity index is 1.57. The Morgan fingerprint density at radius 3 is 2.34 bits per heavy atom. The van der Waals surface area contributed by atoms with Gasteiger partial charge in [0.2, 0.25) is 0 Å². The molecule has 8 nitrogen and oxygen atoms in total. The lowest BCUT2D eigenvalue weighted by Crippen LogP contribution is -2.21. The van der Waals surface area contributed by atoms with Crippen LogP contribution < -0.4 is 10.2 Å². The Morgan fingerprint density at radius 1 is 1.03 bits per heavy atom. The highest BCUT2D eigenvalue weighted by atomic mass is 32.2. The number of phenols is 1. The van der Waals surface area contributed by atoms with Gasteiger partial charge in [0.05, 0.1) is 18.6 Å². The lowest BCUT2D eigenvalue weighted by Gasteiger charge is -2.19.